The van der Waals surface area contributed by atoms with Crippen LogP contribution in [0.4, 0.5) is 8.78 Å². The first-order valence-corrected chi connectivity index (χ1v) is 8.03. The molecule has 2 aromatic heterocycles. The molecule has 0 aromatic carbocycles. The number of hydrogen-bond donors (Lipinski definition) is 1. The van der Waals surface area contributed by atoms with Crippen LogP contribution in [0.2, 0.25) is 0 Å². The van der Waals surface area contributed by atoms with Gasteiger partial charge in [-0.1, -0.05) is 0 Å². The van der Waals surface area contributed by atoms with Gasteiger partial charge < -0.3 is 10.1 Å². The molecule has 0 aliphatic carbocycles. The SMILES string of the molecule is Cc1csc(CCCNC(=O)c2sccc2OC(F)F)n1. The Hall–Kier alpha value is -1.54. The highest BCUT2D eigenvalue weighted by Crippen LogP contribution is 2.26. The van der Waals surface area contributed by atoms with Crippen LogP contribution in [0.3, 0.4) is 0 Å². The Labute approximate surface area is 128 Å². The summed E-state index contributed by atoms with van der Waals surface area (Å²) in [7, 11) is 0. The average molecular weight is 332 g/mol. The monoisotopic (exact) mass is 332 g/mol. The highest BCUT2D eigenvalue weighted by molar-refractivity contribution is 7.12. The van der Waals surface area contributed by atoms with Crippen LogP contribution >= 0.6 is 22.7 Å². The second-order valence-corrected chi connectivity index (χ2v) is 6.09. The Morgan fingerprint density at radius 2 is 2.29 bits per heavy atom. The quantitative estimate of drug-likeness (QED) is 0.790. The van der Waals surface area contributed by atoms with E-state index in [2.05, 4.69) is 15.0 Å². The maximum absolute atomic E-state index is 12.2. The van der Waals surface area contributed by atoms with Crippen molar-refractivity contribution >= 4 is 28.6 Å². The number of thiophene rings is 1. The number of carbonyl (C=O) groups excluding carboxylic acids is 1. The van der Waals surface area contributed by atoms with Gasteiger partial charge in [-0.25, -0.2) is 4.98 Å². The van der Waals surface area contributed by atoms with Gasteiger partial charge in [0.2, 0.25) is 0 Å². The molecule has 114 valence electrons. The number of halogens is 2. The van der Waals surface area contributed by atoms with Gasteiger partial charge in [0, 0.05) is 24.0 Å². The molecule has 0 spiro atoms. The van der Waals surface area contributed by atoms with Gasteiger partial charge in [0.05, 0.1) is 5.01 Å². The highest BCUT2D eigenvalue weighted by Gasteiger charge is 2.17. The topological polar surface area (TPSA) is 51.2 Å². The van der Waals surface area contributed by atoms with Crippen LogP contribution in [0.15, 0.2) is 16.8 Å². The van der Waals surface area contributed by atoms with Crippen LogP contribution in [-0.2, 0) is 6.42 Å². The van der Waals surface area contributed by atoms with Crippen molar-refractivity contribution in [2.24, 2.45) is 0 Å². The summed E-state index contributed by atoms with van der Waals surface area (Å²) in [5.74, 6) is -0.473. The third-order valence-electron chi connectivity index (χ3n) is 2.57. The molecule has 0 saturated carbocycles. The minimum Gasteiger partial charge on any atom is -0.433 e. The molecular formula is C13H14F2N2O2S2. The first-order valence-electron chi connectivity index (χ1n) is 6.28. The fourth-order valence-electron chi connectivity index (χ4n) is 1.69. The predicted octanol–water partition coefficient (Wildman–Crippen LogP) is 3.48. The second kappa shape index (κ2) is 7.46. The summed E-state index contributed by atoms with van der Waals surface area (Å²) in [6.07, 6.45) is 1.53. The molecule has 2 rings (SSSR count). The van der Waals surface area contributed by atoms with Crippen LogP contribution in [0, 0.1) is 6.92 Å². The fraction of sp³-hybridized carbons (Fsp3) is 0.385. The van der Waals surface area contributed by atoms with Crippen LogP contribution < -0.4 is 10.1 Å². The van der Waals surface area contributed by atoms with Crippen molar-refractivity contribution in [1.29, 1.82) is 0 Å². The van der Waals surface area contributed by atoms with Gasteiger partial charge in [-0.2, -0.15) is 8.78 Å². The molecule has 0 radical (unpaired) electrons. The van der Waals surface area contributed by atoms with Crippen molar-refractivity contribution in [2.75, 3.05) is 6.54 Å². The molecule has 0 bridgehead atoms. The molecule has 8 heteroatoms. The standard InChI is InChI=1S/C13H14F2N2O2S2/c1-8-7-21-10(17-8)3-2-5-16-12(18)11-9(4-6-20-11)19-13(14)15/h4,6-7,13H,2-3,5H2,1H3,(H,16,18). The van der Waals surface area contributed by atoms with E-state index in [1.807, 2.05) is 12.3 Å². The molecular weight excluding hydrogens is 318 g/mol. The number of ether oxygens (including phenoxy) is 1. The van der Waals surface area contributed by atoms with E-state index in [0.29, 0.717) is 6.54 Å². The van der Waals surface area contributed by atoms with Gasteiger partial charge in [0.25, 0.3) is 5.91 Å². The summed E-state index contributed by atoms with van der Waals surface area (Å²) in [5, 5.41) is 7.25. The van der Waals surface area contributed by atoms with Gasteiger partial charge in [-0.3, -0.25) is 4.79 Å². The van der Waals surface area contributed by atoms with Gasteiger partial charge in [0.15, 0.2) is 0 Å². The number of thiazole rings is 1. The number of carbonyl (C=O) groups is 1. The molecule has 4 nitrogen and oxygen atoms in total. The van der Waals surface area contributed by atoms with E-state index in [9.17, 15) is 13.6 Å². The van der Waals surface area contributed by atoms with Crippen molar-refractivity contribution in [1.82, 2.24) is 10.3 Å². The predicted molar refractivity (Wildman–Crippen MR) is 78.5 cm³/mol. The summed E-state index contributed by atoms with van der Waals surface area (Å²) in [6.45, 7) is -0.536. The van der Waals surface area contributed by atoms with Gasteiger partial charge in [0.1, 0.15) is 10.6 Å². The van der Waals surface area contributed by atoms with Crippen LogP contribution in [-0.4, -0.2) is 24.0 Å². The normalized spacial score (nSPS) is 10.9. The minimum atomic E-state index is -2.93. The van der Waals surface area contributed by atoms with Gasteiger partial charge >= 0.3 is 6.61 Å². The lowest BCUT2D eigenvalue weighted by Crippen LogP contribution is -2.24. The largest absolute Gasteiger partial charge is 0.433 e. The molecule has 0 atom stereocenters. The number of aromatic nitrogens is 1. The number of alkyl halides is 2. The molecule has 2 aromatic rings. The fourth-order valence-corrected chi connectivity index (χ4v) is 3.25. The third-order valence-corrected chi connectivity index (χ3v) is 4.49. The Bertz CT molecular complexity index is 599. The summed E-state index contributed by atoms with van der Waals surface area (Å²) < 4.78 is 28.7. The number of nitrogens with one attached hydrogen (secondary N) is 1. The summed E-state index contributed by atoms with van der Waals surface area (Å²) in [4.78, 5) is 16.4. The first kappa shape index (κ1) is 15.8. The molecule has 1 amide bonds. The lowest BCUT2D eigenvalue weighted by molar-refractivity contribution is -0.0498. The van der Waals surface area contributed by atoms with E-state index >= 15 is 0 Å². The van der Waals surface area contributed by atoms with Crippen molar-refractivity contribution in [3.8, 4) is 5.75 Å². The lowest BCUT2D eigenvalue weighted by Gasteiger charge is -2.06. The smallest absolute Gasteiger partial charge is 0.387 e. The maximum Gasteiger partial charge on any atom is 0.387 e. The third kappa shape index (κ3) is 4.75. The van der Waals surface area contributed by atoms with E-state index in [0.717, 1.165) is 34.9 Å². The van der Waals surface area contributed by atoms with Crippen LogP contribution in [0.25, 0.3) is 0 Å². The van der Waals surface area contributed by atoms with Crippen molar-refractivity contribution in [3.63, 3.8) is 0 Å². The van der Waals surface area contributed by atoms with E-state index in [4.69, 9.17) is 0 Å². The summed E-state index contributed by atoms with van der Waals surface area (Å²) in [6, 6.07) is 1.37. The summed E-state index contributed by atoms with van der Waals surface area (Å²) in [5.41, 5.74) is 0.992. The molecule has 0 unspecified atom stereocenters. The zero-order valence-corrected chi connectivity index (χ0v) is 12.9. The number of aryl methyl sites for hydroxylation is 2. The summed E-state index contributed by atoms with van der Waals surface area (Å²) >= 11 is 2.67. The van der Waals surface area contributed by atoms with Crippen molar-refractivity contribution in [2.45, 2.75) is 26.4 Å². The zero-order chi connectivity index (χ0) is 15.2. The van der Waals surface area contributed by atoms with Crippen molar-refractivity contribution in [3.05, 3.63) is 32.4 Å². The Morgan fingerprint density at radius 1 is 1.48 bits per heavy atom. The lowest BCUT2D eigenvalue weighted by atomic mass is 10.3. The molecule has 0 fully saturated rings. The Kier molecular flexibility index (Phi) is 5.63. The molecule has 0 aliphatic rings. The van der Waals surface area contributed by atoms with Gasteiger partial charge in [-0.05, 0) is 24.8 Å². The number of amides is 1. The number of nitrogens with zero attached hydrogens (tertiary/aromatic N) is 1. The van der Waals surface area contributed by atoms with E-state index in [1.54, 1.807) is 16.7 Å². The van der Waals surface area contributed by atoms with E-state index in [-0.39, 0.29) is 10.6 Å². The van der Waals surface area contributed by atoms with Crippen LogP contribution in [0.5, 0.6) is 5.75 Å². The first-order chi connectivity index (χ1) is 10.1. The molecule has 2 heterocycles. The molecule has 1 N–H and O–H groups in total. The van der Waals surface area contributed by atoms with E-state index in [1.165, 1.54) is 6.07 Å². The minimum absolute atomic E-state index is 0.0805. The van der Waals surface area contributed by atoms with E-state index < -0.39 is 12.5 Å². The molecule has 0 aliphatic heterocycles. The van der Waals surface area contributed by atoms with Crippen molar-refractivity contribution < 1.29 is 18.3 Å². The van der Waals surface area contributed by atoms with Crippen LogP contribution in [0.1, 0.15) is 26.8 Å². The highest BCUT2D eigenvalue weighted by atomic mass is 32.1. The molecule has 21 heavy (non-hydrogen) atoms. The zero-order valence-electron chi connectivity index (χ0n) is 11.3. The Morgan fingerprint density at radius 3 is 2.95 bits per heavy atom. The van der Waals surface area contributed by atoms with Gasteiger partial charge in [-0.15, -0.1) is 22.7 Å². The molecule has 0 saturated heterocycles. The number of hydrogen-bond acceptors (Lipinski definition) is 5. The maximum atomic E-state index is 12.2. The average Bonchev–Trinajstić information content (AvgIpc) is 3.03. The number of rotatable bonds is 7. The Balaban J connectivity index is 1.78. The second-order valence-electron chi connectivity index (χ2n) is 4.23.